The number of piperazine rings is 1. The van der Waals surface area contributed by atoms with Crippen molar-refractivity contribution in [1.82, 2.24) is 24.8 Å². The van der Waals surface area contributed by atoms with E-state index in [4.69, 9.17) is 9.47 Å². The normalized spacial score (nSPS) is 25.4. The number of esters is 1. The smallest absolute Gasteiger partial charge is 0.310 e. The number of cyclic esters (lactones) is 1. The zero-order valence-corrected chi connectivity index (χ0v) is 26.7. The zero-order chi connectivity index (χ0) is 33.1. The van der Waals surface area contributed by atoms with Gasteiger partial charge < -0.3 is 25.0 Å². The van der Waals surface area contributed by atoms with Gasteiger partial charge in [0.05, 0.1) is 11.3 Å². The minimum Gasteiger partial charge on any atom is -0.433 e. The lowest BCUT2D eigenvalue weighted by Crippen LogP contribution is -2.69. The summed E-state index contributed by atoms with van der Waals surface area (Å²) in [5.41, 5.74) is 0.176. The molecular weight excluding hydrogens is 626 g/mol. The molecule has 2 aromatic carbocycles. The molecule has 6 rings (SSSR count). The van der Waals surface area contributed by atoms with Crippen LogP contribution in [0.2, 0.25) is 0 Å². The maximum Gasteiger partial charge on any atom is 0.310 e. The van der Waals surface area contributed by atoms with Crippen molar-refractivity contribution < 1.29 is 37.1 Å². The first kappa shape index (κ1) is 32.5. The predicted octanol–water partition coefficient (Wildman–Crippen LogP) is 1.97. The highest BCUT2D eigenvalue weighted by Crippen LogP contribution is 2.30. The largest absolute Gasteiger partial charge is 0.433 e. The number of hydrogen-bond donors (Lipinski definition) is 2. The molecule has 3 aliphatic heterocycles. The maximum absolute atomic E-state index is 14.4. The molecule has 0 bridgehead atoms. The Morgan fingerprint density at radius 2 is 1.72 bits per heavy atom. The van der Waals surface area contributed by atoms with Crippen molar-refractivity contribution in [2.24, 2.45) is 0 Å². The fraction of sp³-hybridized carbons (Fsp3) is 0.424. The number of nitrogens with zero attached hydrogens (tertiary/aromatic N) is 3. The monoisotopic (exact) mass is 663 g/mol. The highest BCUT2D eigenvalue weighted by molar-refractivity contribution is 7.89. The van der Waals surface area contributed by atoms with Gasteiger partial charge in [-0.1, -0.05) is 55.3 Å². The second-order valence-electron chi connectivity index (χ2n) is 11.9. The molecule has 2 unspecified atom stereocenters. The van der Waals surface area contributed by atoms with E-state index in [2.05, 4.69) is 15.6 Å². The van der Waals surface area contributed by atoms with Gasteiger partial charge in [-0.15, -0.1) is 0 Å². The number of pyridine rings is 1. The van der Waals surface area contributed by atoms with Crippen molar-refractivity contribution in [2.45, 2.75) is 74.4 Å². The van der Waals surface area contributed by atoms with Crippen LogP contribution in [0.1, 0.15) is 49.5 Å². The van der Waals surface area contributed by atoms with Gasteiger partial charge >= 0.3 is 5.97 Å². The van der Waals surface area contributed by atoms with Crippen molar-refractivity contribution >= 4 is 44.5 Å². The molecule has 3 aliphatic rings. The van der Waals surface area contributed by atoms with Crippen LogP contribution >= 0.6 is 0 Å². The topological polar surface area (TPSA) is 164 Å². The molecule has 3 amide bonds. The Morgan fingerprint density at radius 1 is 0.979 bits per heavy atom. The molecule has 0 spiro atoms. The van der Waals surface area contributed by atoms with E-state index in [0.717, 1.165) is 5.39 Å². The molecule has 3 saturated heterocycles. The van der Waals surface area contributed by atoms with Crippen LogP contribution in [0.25, 0.3) is 10.8 Å². The second kappa shape index (κ2) is 13.8. The van der Waals surface area contributed by atoms with E-state index in [9.17, 15) is 27.6 Å². The molecule has 248 valence electrons. The zero-order valence-electron chi connectivity index (χ0n) is 25.9. The SMILES string of the molecule is CCOC1OC(=O)CC1NC(=O)[C@@H]1CN(S(=O)(=O)c2ccccc2)C[C@@H]2CCCC[C@H](NC(=O)c3nccc4ccccc34)C(=O)N21. The molecule has 5 atom stereocenters. The Kier molecular flexibility index (Phi) is 9.52. The van der Waals surface area contributed by atoms with Gasteiger partial charge in [0.15, 0.2) is 0 Å². The first-order chi connectivity index (χ1) is 22.7. The van der Waals surface area contributed by atoms with Crippen molar-refractivity contribution in [3.63, 3.8) is 0 Å². The van der Waals surface area contributed by atoms with Crippen LogP contribution in [-0.4, -0.2) is 96.5 Å². The molecule has 2 N–H and O–H groups in total. The third kappa shape index (κ3) is 6.71. The molecule has 47 heavy (non-hydrogen) atoms. The number of hydrogen-bond acceptors (Lipinski definition) is 9. The molecule has 4 heterocycles. The average Bonchev–Trinajstić information content (AvgIpc) is 3.42. The van der Waals surface area contributed by atoms with Gasteiger partial charge in [0.1, 0.15) is 23.8 Å². The highest BCUT2D eigenvalue weighted by atomic mass is 32.2. The lowest BCUT2D eigenvalue weighted by Gasteiger charge is -2.47. The molecule has 3 aromatic rings. The minimum absolute atomic E-state index is 0.0229. The first-order valence-electron chi connectivity index (χ1n) is 15.8. The Labute approximate surface area is 272 Å². The van der Waals surface area contributed by atoms with Gasteiger partial charge in [0.25, 0.3) is 5.91 Å². The van der Waals surface area contributed by atoms with E-state index in [0.29, 0.717) is 31.1 Å². The van der Waals surface area contributed by atoms with E-state index in [1.807, 2.05) is 12.1 Å². The van der Waals surface area contributed by atoms with Crippen molar-refractivity contribution in [1.29, 1.82) is 0 Å². The quantitative estimate of drug-likeness (QED) is 0.343. The van der Waals surface area contributed by atoms with Gasteiger partial charge in [-0.2, -0.15) is 4.31 Å². The summed E-state index contributed by atoms with van der Waals surface area (Å²) in [5, 5.41) is 7.12. The maximum atomic E-state index is 14.4. The molecule has 3 fully saturated rings. The number of rotatable bonds is 8. The molecule has 1 aromatic heterocycles. The van der Waals surface area contributed by atoms with Gasteiger partial charge in [-0.3, -0.25) is 24.2 Å². The third-order valence-corrected chi connectivity index (χ3v) is 10.7. The summed E-state index contributed by atoms with van der Waals surface area (Å²) < 4.78 is 39.6. The Balaban J connectivity index is 1.31. The number of benzene rings is 2. The number of aromatic nitrogens is 1. The Bertz CT molecular complexity index is 1770. The summed E-state index contributed by atoms with van der Waals surface area (Å²) in [6.45, 7) is 1.61. The summed E-state index contributed by atoms with van der Waals surface area (Å²) in [5.74, 6) is -2.20. The van der Waals surface area contributed by atoms with Gasteiger partial charge in [0.2, 0.25) is 28.1 Å². The van der Waals surface area contributed by atoms with Crippen molar-refractivity contribution in [3.8, 4) is 0 Å². The number of amides is 3. The second-order valence-corrected chi connectivity index (χ2v) is 13.8. The Morgan fingerprint density at radius 3 is 2.51 bits per heavy atom. The number of carbonyl (C=O) groups is 4. The van der Waals surface area contributed by atoms with Crippen molar-refractivity contribution in [3.05, 3.63) is 72.6 Å². The van der Waals surface area contributed by atoms with E-state index in [1.54, 1.807) is 43.3 Å². The summed E-state index contributed by atoms with van der Waals surface area (Å²) in [6, 6.07) is 13.3. The summed E-state index contributed by atoms with van der Waals surface area (Å²) >= 11 is 0. The molecule has 0 aliphatic carbocycles. The molecule has 14 heteroatoms. The third-order valence-electron chi connectivity index (χ3n) is 8.85. The van der Waals surface area contributed by atoms with Crippen LogP contribution in [0, 0.1) is 0 Å². The van der Waals surface area contributed by atoms with Crippen LogP contribution in [0.4, 0.5) is 0 Å². The summed E-state index contributed by atoms with van der Waals surface area (Å²) in [6.07, 6.45) is 2.41. The van der Waals surface area contributed by atoms with E-state index < -0.39 is 64.2 Å². The number of carbonyl (C=O) groups excluding carboxylic acids is 4. The van der Waals surface area contributed by atoms with Crippen LogP contribution in [0.15, 0.2) is 71.8 Å². The number of sulfonamides is 1. The molecular formula is C33H37N5O8S. The molecule has 0 saturated carbocycles. The fourth-order valence-electron chi connectivity index (χ4n) is 6.58. The summed E-state index contributed by atoms with van der Waals surface area (Å²) in [7, 11) is -4.03. The van der Waals surface area contributed by atoms with Crippen molar-refractivity contribution in [2.75, 3.05) is 19.7 Å². The minimum atomic E-state index is -4.03. The fourth-order valence-corrected chi connectivity index (χ4v) is 8.09. The summed E-state index contributed by atoms with van der Waals surface area (Å²) in [4.78, 5) is 59.9. The molecule has 0 radical (unpaired) electrons. The number of fused-ring (bicyclic) bond motifs is 2. The van der Waals surface area contributed by atoms with Crippen LogP contribution < -0.4 is 10.6 Å². The Hall–Kier alpha value is -4.40. The molecule has 13 nitrogen and oxygen atoms in total. The number of ether oxygens (including phenoxy) is 2. The van der Waals surface area contributed by atoms with Gasteiger partial charge in [-0.25, -0.2) is 8.42 Å². The van der Waals surface area contributed by atoms with E-state index in [1.165, 1.54) is 27.5 Å². The van der Waals surface area contributed by atoms with Gasteiger partial charge in [0, 0.05) is 37.3 Å². The van der Waals surface area contributed by atoms with E-state index in [-0.39, 0.29) is 36.7 Å². The lowest BCUT2D eigenvalue weighted by atomic mass is 9.94. The predicted molar refractivity (Wildman–Crippen MR) is 169 cm³/mol. The van der Waals surface area contributed by atoms with E-state index >= 15 is 0 Å². The highest BCUT2D eigenvalue weighted by Gasteiger charge is 2.48. The van der Waals surface area contributed by atoms with Crippen LogP contribution in [0.3, 0.4) is 0 Å². The van der Waals surface area contributed by atoms with Gasteiger partial charge in [-0.05, 0) is 43.4 Å². The standard InChI is InChI=1S/C33H37N5O8S/c1-2-45-33-26(18-28(39)46-33)36-30(40)27-20-37(47(43,44)23-12-4-3-5-13-23)19-22-11-7-9-15-25(32(42)38(22)27)35-31(41)29-24-14-8-6-10-21(24)16-17-34-29/h3-6,8,10,12-14,16-17,22,25-27,33H,2,7,9,11,15,18-20H2,1H3,(H,35,41)(H,36,40)/t22-,25-,26?,27-,33?/m0/s1. The number of nitrogens with one attached hydrogen (secondary N) is 2. The van der Waals surface area contributed by atoms with Crippen LogP contribution in [-0.2, 0) is 33.9 Å². The average molecular weight is 664 g/mol. The van der Waals surface area contributed by atoms with Crippen LogP contribution in [0.5, 0.6) is 0 Å². The lowest BCUT2D eigenvalue weighted by molar-refractivity contribution is -0.165. The first-order valence-corrected chi connectivity index (χ1v) is 17.2.